The lowest BCUT2D eigenvalue weighted by Gasteiger charge is -2.42. The maximum absolute atomic E-state index is 10.6. The number of hydrogen-bond acceptors (Lipinski definition) is 6. The van der Waals surface area contributed by atoms with E-state index in [2.05, 4.69) is 26.5 Å². The van der Waals surface area contributed by atoms with Crippen LogP contribution in [0.2, 0.25) is 0 Å². The zero-order valence-corrected chi connectivity index (χ0v) is 17.1. The molecule has 0 amide bonds. The van der Waals surface area contributed by atoms with Gasteiger partial charge < -0.3 is 15.2 Å². The van der Waals surface area contributed by atoms with Gasteiger partial charge in [-0.3, -0.25) is 4.90 Å². The Morgan fingerprint density at radius 3 is 2.62 bits per heavy atom. The molecular weight excluding hydrogens is 364 g/mol. The van der Waals surface area contributed by atoms with Gasteiger partial charge in [-0.15, -0.1) is 10.2 Å². The van der Waals surface area contributed by atoms with Gasteiger partial charge in [0.25, 0.3) is 0 Å². The lowest BCUT2D eigenvalue weighted by atomic mass is 9.79. The minimum absolute atomic E-state index is 0.304. The van der Waals surface area contributed by atoms with Crippen LogP contribution < -0.4 is 5.32 Å². The lowest BCUT2D eigenvalue weighted by Crippen LogP contribution is -2.54. The minimum atomic E-state index is 0.304. The zero-order chi connectivity index (χ0) is 19.8. The molecule has 6 nitrogen and oxygen atoms in total. The Kier molecular flexibility index (Phi) is 5.14. The second-order valence-electron chi connectivity index (χ2n) is 8.84. The maximum Gasteiger partial charge on any atom is 0.149 e. The first-order chi connectivity index (χ1) is 14.2. The van der Waals surface area contributed by atoms with Crippen molar-refractivity contribution in [3.05, 3.63) is 35.4 Å². The van der Waals surface area contributed by atoms with Gasteiger partial charge in [0.05, 0.1) is 24.9 Å². The molecule has 6 heteroatoms. The molecule has 154 valence electrons. The van der Waals surface area contributed by atoms with E-state index in [9.17, 15) is 5.11 Å². The first kappa shape index (κ1) is 18.8. The molecule has 1 aliphatic carbocycles. The maximum atomic E-state index is 10.6. The van der Waals surface area contributed by atoms with Crippen LogP contribution in [-0.2, 0) is 4.74 Å². The molecule has 0 bridgehead atoms. The summed E-state index contributed by atoms with van der Waals surface area (Å²) in [5.74, 6) is 1.72. The molecule has 1 unspecified atom stereocenters. The Balaban J connectivity index is 1.29. The van der Waals surface area contributed by atoms with Gasteiger partial charge >= 0.3 is 0 Å². The normalized spacial score (nSPS) is 23.4. The molecule has 3 fully saturated rings. The smallest absolute Gasteiger partial charge is 0.149 e. The van der Waals surface area contributed by atoms with Crippen LogP contribution in [0, 0.1) is 6.92 Å². The Hall–Kier alpha value is -2.18. The van der Waals surface area contributed by atoms with Crippen molar-refractivity contribution < 1.29 is 9.84 Å². The number of ether oxygens (including phenoxy) is 1. The molecule has 1 saturated carbocycles. The van der Waals surface area contributed by atoms with Gasteiger partial charge in [-0.05, 0) is 74.4 Å². The summed E-state index contributed by atoms with van der Waals surface area (Å²) in [6.07, 6.45) is 6.09. The summed E-state index contributed by atoms with van der Waals surface area (Å²) in [7, 11) is 0. The second kappa shape index (κ2) is 7.92. The average molecular weight is 395 g/mol. The molecule has 1 atom stereocenters. The van der Waals surface area contributed by atoms with Crippen molar-refractivity contribution in [3.8, 4) is 17.0 Å². The van der Waals surface area contributed by atoms with Gasteiger partial charge in [-0.1, -0.05) is 12.5 Å². The summed E-state index contributed by atoms with van der Waals surface area (Å²) in [5.41, 5.74) is 3.78. The number of nitrogens with zero attached hydrogens (tertiary/aromatic N) is 3. The predicted molar refractivity (Wildman–Crippen MR) is 113 cm³/mol. The third kappa shape index (κ3) is 3.83. The zero-order valence-electron chi connectivity index (χ0n) is 17.1. The number of aromatic nitrogens is 2. The number of anilines is 1. The molecule has 3 aliphatic rings. The largest absolute Gasteiger partial charge is 0.507 e. The monoisotopic (exact) mass is 394 g/mol. The molecular formula is C23H30N4O2. The lowest BCUT2D eigenvalue weighted by molar-refractivity contribution is -0.0710. The van der Waals surface area contributed by atoms with E-state index in [4.69, 9.17) is 4.74 Å². The summed E-state index contributed by atoms with van der Waals surface area (Å²) in [5, 5.41) is 23.0. The van der Waals surface area contributed by atoms with E-state index in [0.717, 1.165) is 55.4 Å². The number of phenolic OH excluding ortho intramolecular Hbond substituents is 1. The predicted octanol–water partition coefficient (Wildman–Crippen LogP) is 3.70. The number of aromatic hydroxyl groups is 1. The Bertz CT molecular complexity index is 879. The molecule has 1 aromatic heterocycles. The van der Waals surface area contributed by atoms with Gasteiger partial charge in [0.1, 0.15) is 11.6 Å². The third-order valence-corrected chi connectivity index (χ3v) is 6.78. The topological polar surface area (TPSA) is 70.5 Å². The molecule has 29 heavy (non-hydrogen) atoms. The Morgan fingerprint density at radius 1 is 1.10 bits per heavy atom. The summed E-state index contributed by atoms with van der Waals surface area (Å²) in [6, 6.07) is 9.06. The van der Waals surface area contributed by atoms with Crippen molar-refractivity contribution in [1.82, 2.24) is 15.1 Å². The summed E-state index contributed by atoms with van der Waals surface area (Å²) in [6.45, 7) is 5.95. The van der Waals surface area contributed by atoms with Crippen LogP contribution >= 0.6 is 0 Å². The van der Waals surface area contributed by atoms with Crippen LogP contribution in [0.3, 0.4) is 0 Å². The van der Waals surface area contributed by atoms with Crippen LogP contribution in [-0.4, -0.2) is 58.6 Å². The molecule has 2 aliphatic heterocycles. The summed E-state index contributed by atoms with van der Waals surface area (Å²) < 4.78 is 5.35. The van der Waals surface area contributed by atoms with E-state index in [-0.39, 0.29) is 0 Å². The molecule has 1 aromatic carbocycles. The van der Waals surface area contributed by atoms with Gasteiger partial charge in [0, 0.05) is 18.2 Å². The van der Waals surface area contributed by atoms with Gasteiger partial charge in [0.2, 0.25) is 0 Å². The van der Waals surface area contributed by atoms with E-state index in [1.807, 2.05) is 25.1 Å². The van der Waals surface area contributed by atoms with E-state index in [0.29, 0.717) is 23.8 Å². The first-order valence-corrected chi connectivity index (χ1v) is 10.9. The van der Waals surface area contributed by atoms with Crippen molar-refractivity contribution >= 4 is 5.82 Å². The molecule has 2 N–H and O–H groups in total. The number of nitrogens with one attached hydrogen (secondary N) is 1. The fourth-order valence-corrected chi connectivity index (χ4v) is 4.67. The standard InChI is InChI=1S/C23H30N4O2/c1-15-10-22(24-18-6-3-9-27(12-18)19-13-29-14-19)25-26-23(15)20-8-7-17(11-21(20)28)16-4-2-5-16/h7-8,10-11,16,18-19,28H,2-6,9,12-14H2,1H3,(H,24,25). The molecule has 2 saturated heterocycles. The van der Waals surface area contributed by atoms with E-state index < -0.39 is 0 Å². The number of phenols is 1. The van der Waals surface area contributed by atoms with Crippen molar-refractivity contribution in [3.63, 3.8) is 0 Å². The third-order valence-electron chi connectivity index (χ3n) is 6.78. The molecule has 0 radical (unpaired) electrons. The highest BCUT2D eigenvalue weighted by molar-refractivity contribution is 5.70. The van der Waals surface area contributed by atoms with E-state index in [1.54, 1.807) is 0 Å². The number of benzene rings is 1. The number of piperidine rings is 1. The number of likely N-dealkylation sites (tertiary alicyclic amines) is 1. The highest BCUT2D eigenvalue weighted by atomic mass is 16.5. The molecule has 0 spiro atoms. The summed E-state index contributed by atoms with van der Waals surface area (Å²) in [4.78, 5) is 2.53. The number of hydrogen-bond donors (Lipinski definition) is 2. The molecule has 2 aromatic rings. The first-order valence-electron chi connectivity index (χ1n) is 10.9. The van der Waals surface area contributed by atoms with Crippen LogP contribution in [0.4, 0.5) is 5.82 Å². The van der Waals surface area contributed by atoms with Crippen molar-refractivity contribution in [2.75, 3.05) is 31.6 Å². The number of aryl methyl sites for hydroxylation is 1. The van der Waals surface area contributed by atoms with Crippen molar-refractivity contribution in [1.29, 1.82) is 0 Å². The van der Waals surface area contributed by atoms with Gasteiger partial charge in [-0.2, -0.15) is 0 Å². The fourth-order valence-electron chi connectivity index (χ4n) is 4.67. The summed E-state index contributed by atoms with van der Waals surface area (Å²) >= 11 is 0. The molecule has 5 rings (SSSR count). The minimum Gasteiger partial charge on any atom is -0.507 e. The molecule has 3 heterocycles. The highest BCUT2D eigenvalue weighted by Crippen LogP contribution is 2.40. The van der Waals surface area contributed by atoms with Crippen LogP contribution in [0.15, 0.2) is 24.3 Å². The second-order valence-corrected chi connectivity index (χ2v) is 8.84. The SMILES string of the molecule is Cc1cc(NC2CCCN(C3COC3)C2)nnc1-c1ccc(C2CCC2)cc1O. The van der Waals surface area contributed by atoms with Crippen LogP contribution in [0.1, 0.15) is 49.1 Å². The quantitative estimate of drug-likeness (QED) is 0.806. The van der Waals surface area contributed by atoms with E-state index in [1.165, 1.54) is 31.2 Å². The highest BCUT2D eigenvalue weighted by Gasteiger charge is 2.30. The van der Waals surface area contributed by atoms with Gasteiger partial charge in [0.15, 0.2) is 0 Å². The van der Waals surface area contributed by atoms with Crippen molar-refractivity contribution in [2.24, 2.45) is 0 Å². The average Bonchev–Trinajstić information content (AvgIpc) is 2.60. The number of rotatable bonds is 5. The Morgan fingerprint density at radius 2 is 1.97 bits per heavy atom. The van der Waals surface area contributed by atoms with Crippen LogP contribution in [0.5, 0.6) is 5.75 Å². The van der Waals surface area contributed by atoms with Gasteiger partial charge in [-0.25, -0.2) is 0 Å². The Labute approximate surface area is 172 Å². The van der Waals surface area contributed by atoms with Crippen molar-refractivity contribution in [2.45, 2.75) is 57.0 Å². The van der Waals surface area contributed by atoms with Crippen LogP contribution in [0.25, 0.3) is 11.3 Å². The van der Waals surface area contributed by atoms with E-state index >= 15 is 0 Å². The fraction of sp³-hybridized carbons (Fsp3) is 0.565.